The first-order valence-corrected chi connectivity index (χ1v) is 3.39. The van der Waals surface area contributed by atoms with Crippen molar-refractivity contribution in [3.63, 3.8) is 0 Å². The van der Waals surface area contributed by atoms with E-state index in [1.165, 1.54) is 0 Å². The molecule has 64 valence electrons. The lowest BCUT2D eigenvalue weighted by atomic mass is 9.97. The van der Waals surface area contributed by atoms with Gasteiger partial charge in [-0.15, -0.1) is 0 Å². The Hall–Kier alpha value is -0.970. The van der Waals surface area contributed by atoms with Crippen molar-refractivity contribution in [1.82, 2.24) is 4.90 Å². The predicted molar refractivity (Wildman–Crippen MR) is 40.4 cm³/mol. The molecule has 0 amide bonds. The standard InChI is InChI=1S/C6H13N3O2/c1-6(11-2)3-9(4-6)5(7)8-10/h10H,3-4H2,1-2H3,(H2,7,8). The maximum Gasteiger partial charge on any atom is 0.233 e. The smallest absolute Gasteiger partial charge is 0.233 e. The Morgan fingerprint density at radius 2 is 2.27 bits per heavy atom. The molecule has 0 spiro atoms. The molecule has 1 fully saturated rings. The number of ether oxygens (including phenoxy) is 1. The summed E-state index contributed by atoms with van der Waals surface area (Å²) in [5, 5.41) is 11.2. The van der Waals surface area contributed by atoms with Crippen LogP contribution in [-0.4, -0.2) is 41.9 Å². The number of hydrogen-bond acceptors (Lipinski definition) is 3. The third-order valence-electron chi connectivity index (χ3n) is 1.97. The van der Waals surface area contributed by atoms with Crippen LogP contribution in [0.5, 0.6) is 0 Å². The quantitative estimate of drug-likeness (QED) is 0.232. The van der Waals surface area contributed by atoms with Gasteiger partial charge in [-0.25, -0.2) is 0 Å². The summed E-state index contributed by atoms with van der Waals surface area (Å²) in [5.41, 5.74) is 5.19. The number of rotatable bonds is 1. The molecule has 0 aliphatic carbocycles. The van der Waals surface area contributed by atoms with E-state index in [-0.39, 0.29) is 11.6 Å². The van der Waals surface area contributed by atoms with Gasteiger partial charge in [-0.05, 0) is 6.92 Å². The topological polar surface area (TPSA) is 71.1 Å². The molecule has 0 aromatic heterocycles. The van der Waals surface area contributed by atoms with Crippen molar-refractivity contribution < 1.29 is 9.94 Å². The zero-order valence-electron chi connectivity index (χ0n) is 6.74. The third-order valence-corrected chi connectivity index (χ3v) is 1.97. The average Bonchev–Trinajstić information content (AvgIpc) is 1.97. The van der Waals surface area contributed by atoms with Crippen LogP contribution >= 0.6 is 0 Å². The summed E-state index contributed by atoms with van der Waals surface area (Å²) in [6.07, 6.45) is 0. The second-order valence-corrected chi connectivity index (χ2v) is 2.97. The first kappa shape index (κ1) is 8.13. The van der Waals surface area contributed by atoms with Gasteiger partial charge in [0.25, 0.3) is 0 Å². The van der Waals surface area contributed by atoms with Crippen molar-refractivity contribution in [3.8, 4) is 0 Å². The Balaban J connectivity index is 2.40. The van der Waals surface area contributed by atoms with Crippen LogP contribution in [0.1, 0.15) is 6.92 Å². The normalized spacial score (nSPS) is 23.1. The lowest BCUT2D eigenvalue weighted by Crippen LogP contribution is -2.64. The molecule has 1 heterocycles. The average molecular weight is 159 g/mol. The van der Waals surface area contributed by atoms with E-state index in [4.69, 9.17) is 15.7 Å². The Morgan fingerprint density at radius 3 is 2.64 bits per heavy atom. The second kappa shape index (κ2) is 2.58. The number of nitrogens with two attached hydrogens (primary N) is 1. The second-order valence-electron chi connectivity index (χ2n) is 2.97. The number of guanidine groups is 1. The summed E-state index contributed by atoms with van der Waals surface area (Å²) in [6.45, 7) is 3.34. The number of oxime groups is 1. The summed E-state index contributed by atoms with van der Waals surface area (Å²) in [4.78, 5) is 1.74. The highest BCUT2D eigenvalue weighted by molar-refractivity contribution is 5.78. The Morgan fingerprint density at radius 1 is 1.73 bits per heavy atom. The van der Waals surface area contributed by atoms with Crippen LogP contribution < -0.4 is 5.73 Å². The molecule has 1 rings (SSSR count). The van der Waals surface area contributed by atoms with Crippen LogP contribution in [0.4, 0.5) is 0 Å². The molecule has 1 aliphatic rings. The molecule has 3 N–H and O–H groups in total. The Bertz CT molecular complexity index is 175. The Labute approximate surface area is 65.4 Å². The minimum absolute atomic E-state index is 0.130. The molecule has 0 aromatic rings. The summed E-state index contributed by atoms with van der Waals surface area (Å²) < 4.78 is 5.16. The van der Waals surface area contributed by atoms with Gasteiger partial charge in [-0.3, -0.25) is 0 Å². The number of methoxy groups -OCH3 is 1. The fourth-order valence-electron chi connectivity index (χ4n) is 1.12. The van der Waals surface area contributed by atoms with Gasteiger partial charge in [-0.1, -0.05) is 5.16 Å². The van der Waals surface area contributed by atoms with Crippen LogP contribution in [0, 0.1) is 0 Å². The molecule has 1 aliphatic heterocycles. The maximum atomic E-state index is 8.29. The van der Waals surface area contributed by atoms with Gasteiger partial charge in [-0.2, -0.15) is 0 Å². The summed E-state index contributed by atoms with van der Waals surface area (Å²) in [5.74, 6) is 0.152. The van der Waals surface area contributed by atoms with Gasteiger partial charge in [0.15, 0.2) is 0 Å². The lowest BCUT2D eigenvalue weighted by Gasteiger charge is -2.46. The number of hydrogen-bond donors (Lipinski definition) is 2. The van der Waals surface area contributed by atoms with E-state index >= 15 is 0 Å². The van der Waals surface area contributed by atoms with E-state index in [0.717, 1.165) is 0 Å². The van der Waals surface area contributed by atoms with Crippen molar-refractivity contribution >= 4 is 5.96 Å². The zero-order chi connectivity index (χ0) is 8.48. The van der Waals surface area contributed by atoms with E-state index in [2.05, 4.69) is 5.16 Å². The molecule has 0 saturated carbocycles. The number of nitrogens with zero attached hydrogens (tertiary/aromatic N) is 2. The summed E-state index contributed by atoms with van der Waals surface area (Å²) in [7, 11) is 1.66. The van der Waals surface area contributed by atoms with Crippen molar-refractivity contribution in [1.29, 1.82) is 0 Å². The highest BCUT2D eigenvalue weighted by Crippen LogP contribution is 2.22. The molecule has 0 unspecified atom stereocenters. The van der Waals surface area contributed by atoms with Gasteiger partial charge in [0, 0.05) is 7.11 Å². The molecule has 11 heavy (non-hydrogen) atoms. The Kier molecular flexibility index (Phi) is 1.90. The van der Waals surface area contributed by atoms with Crippen LogP contribution in [0.15, 0.2) is 5.16 Å². The maximum absolute atomic E-state index is 8.29. The van der Waals surface area contributed by atoms with Crippen LogP contribution in [0.25, 0.3) is 0 Å². The predicted octanol–water partition coefficient (Wildman–Crippen LogP) is -0.589. The van der Waals surface area contributed by atoms with Gasteiger partial charge in [0.05, 0.1) is 13.1 Å². The van der Waals surface area contributed by atoms with Gasteiger partial charge in [0.2, 0.25) is 5.96 Å². The molecule has 5 nitrogen and oxygen atoms in total. The van der Waals surface area contributed by atoms with Crippen molar-refractivity contribution in [2.45, 2.75) is 12.5 Å². The molecule has 0 bridgehead atoms. The minimum Gasteiger partial charge on any atom is -0.408 e. The summed E-state index contributed by atoms with van der Waals surface area (Å²) in [6, 6.07) is 0. The van der Waals surface area contributed by atoms with Crippen molar-refractivity contribution in [3.05, 3.63) is 0 Å². The van der Waals surface area contributed by atoms with Crippen molar-refractivity contribution in [2.75, 3.05) is 20.2 Å². The molecular formula is C6H13N3O2. The third kappa shape index (κ3) is 1.37. The van der Waals surface area contributed by atoms with E-state index < -0.39 is 0 Å². The van der Waals surface area contributed by atoms with Gasteiger partial charge >= 0.3 is 0 Å². The van der Waals surface area contributed by atoms with Gasteiger partial charge < -0.3 is 20.6 Å². The van der Waals surface area contributed by atoms with Crippen molar-refractivity contribution in [2.24, 2.45) is 10.9 Å². The molecule has 0 aromatic carbocycles. The molecule has 0 radical (unpaired) electrons. The van der Waals surface area contributed by atoms with E-state index in [1.807, 2.05) is 6.92 Å². The minimum atomic E-state index is -0.130. The highest BCUT2D eigenvalue weighted by atomic mass is 16.5. The lowest BCUT2D eigenvalue weighted by molar-refractivity contribution is -0.0840. The van der Waals surface area contributed by atoms with E-state index in [0.29, 0.717) is 13.1 Å². The fourth-order valence-corrected chi connectivity index (χ4v) is 1.12. The molecular weight excluding hydrogens is 146 g/mol. The van der Waals surface area contributed by atoms with Crippen LogP contribution in [0.3, 0.4) is 0 Å². The van der Waals surface area contributed by atoms with E-state index in [9.17, 15) is 0 Å². The number of likely N-dealkylation sites (tertiary alicyclic amines) is 1. The highest BCUT2D eigenvalue weighted by Gasteiger charge is 2.40. The molecule has 0 atom stereocenters. The molecule has 5 heteroatoms. The first-order chi connectivity index (χ1) is 5.11. The SMILES string of the molecule is COC1(C)CN(/C(N)=N/O)C1. The van der Waals surface area contributed by atoms with Crippen LogP contribution in [0.2, 0.25) is 0 Å². The monoisotopic (exact) mass is 159 g/mol. The van der Waals surface area contributed by atoms with Crippen LogP contribution in [-0.2, 0) is 4.74 Å². The largest absolute Gasteiger partial charge is 0.408 e. The fraction of sp³-hybridized carbons (Fsp3) is 0.833. The van der Waals surface area contributed by atoms with Gasteiger partial charge in [0.1, 0.15) is 5.60 Å². The summed E-state index contributed by atoms with van der Waals surface area (Å²) >= 11 is 0. The van der Waals surface area contributed by atoms with E-state index in [1.54, 1.807) is 12.0 Å². The zero-order valence-corrected chi connectivity index (χ0v) is 6.74. The molecule has 1 saturated heterocycles. The first-order valence-electron chi connectivity index (χ1n) is 3.39.